The van der Waals surface area contributed by atoms with Gasteiger partial charge in [0.1, 0.15) is 11.5 Å². The molecular formula is C16H24N2O2. The van der Waals surface area contributed by atoms with Gasteiger partial charge in [-0.1, -0.05) is 6.92 Å². The Hall–Kier alpha value is -1.55. The largest absolute Gasteiger partial charge is 0.497 e. The van der Waals surface area contributed by atoms with Crippen LogP contribution in [0.15, 0.2) is 24.3 Å². The van der Waals surface area contributed by atoms with Crippen LogP contribution in [-0.4, -0.2) is 50.5 Å². The molecule has 0 N–H and O–H groups in total. The fourth-order valence-corrected chi connectivity index (χ4v) is 2.56. The number of benzene rings is 1. The molecule has 0 bridgehead atoms. The van der Waals surface area contributed by atoms with Crippen LogP contribution < -0.4 is 9.64 Å². The minimum absolute atomic E-state index is 0.366. The van der Waals surface area contributed by atoms with Crippen LogP contribution in [0.25, 0.3) is 0 Å². The Morgan fingerprint density at radius 1 is 1.15 bits per heavy atom. The van der Waals surface area contributed by atoms with Crippen molar-refractivity contribution in [1.82, 2.24) is 4.90 Å². The summed E-state index contributed by atoms with van der Waals surface area (Å²) < 4.78 is 5.18. The Labute approximate surface area is 121 Å². The maximum atomic E-state index is 11.7. The van der Waals surface area contributed by atoms with Gasteiger partial charge in [0.25, 0.3) is 0 Å². The Balaban J connectivity index is 1.82. The van der Waals surface area contributed by atoms with Crippen LogP contribution >= 0.6 is 0 Å². The van der Waals surface area contributed by atoms with E-state index in [0.29, 0.717) is 18.7 Å². The van der Waals surface area contributed by atoms with Gasteiger partial charge in [-0.05, 0) is 30.7 Å². The minimum Gasteiger partial charge on any atom is -0.497 e. The number of nitrogens with zero attached hydrogens (tertiary/aromatic N) is 2. The molecule has 20 heavy (non-hydrogen) atoms. The Kier molecular flexibility index (Phi) is 5.41. The zero-order valence-corrected chi connectivity index (χ0v) is 12.5. The molecule has 0 aromatic heterocycles. The lowest BCUT2D eigenvalue weighted by Gasteiger charge is -2.35. The van der Waals surface area contributed by atoms with Gasteiger partial charge in [0.2, 0.25) is 0 Å². The van der Waals surface area contributed by atoms with Gasteiger partial charge in [0, 0.05) is 38.3 Å². The van der Waals surface area contributed by atoms with Crippen molar-refractivity contribution in [2.75, 3.05) is 44.7 Å². The predicted molar refractivity (Wildman–Crippen MR) is 81.6 cm³/mol. The average Bonchev–Trinajstić information content (AvgIpc) is 2.48. The van der Waals surface area contributed by atoms with E-state index >= 15 is 0 Å². The minimum atomic E-state index is 0.366. The first kappa shape index (κ1) is 14.9. The molecule has 0 atom stereocenters. The van der Waals surface area contributed by atoms with Crippen LogP contribution in [0, 0.1) is 0 Å². The highest BCUT2D eigenvalue weighted by Crippen LogP contribution is 2.20. The standard InChI is InChI=1S/C16H24N2O2/c1-3-4-15(19)13-17-9-11-18(12-10-17)14-5-7-16(20-2)8-6-14/h5-8H,3-4,9-13H2,1-2H3. The second kappa shape index (κ2) is 7.29. The van der Waals surface area contributed by atoms with Crippen LogP contribution in [0.3, 0.4) is 0 Å². The Morgan fingerprint density at radius 3 is 2.35 bits per heavy atom. The second-order valence-corrected chi connectivity index (χ2v) is 5.25. The number of rotatable bonds is 6. The first-order chi connectivity index (χ1) is 9.72. The first-order valence-corrected chi connectivity index (χ1v) is 7.36. The number of ketones is 1. The van der Waals surface area contributed by atoms with Crippen LogP contribution in [0.4, 0.5) is 5.69 Å². The van der Waals surface area contributed by atoms with Gasteiger partial charge in [-0.3, -0.25) is 9.69 Å². The lowest BCUT2D eigenvalue weighted by Crippen LogP contribution is -2.47. The third kappa shape index (κ3) is 3.97. The molecule has 1 aliphatic heterocycles. The van der Waals surface area contributed by atoms with E-state index in [1.807, 2.05) is 12.1 Å². The summed E-state index contributed by atoms with van der Waals surface area (Å²) in [7, 11) is 1.68. The van der Waals surface area contributed by atoms with Crippen molar-refractivity contribution in [1.29, 1.82) is 0 Å². The Bertz CT molecular complexity index is 423. The lowest BCUT2D eigenvalue weighted by molar-refractivity contribution is -0.120. The molecule has 0 unspecified atom stereocenters. The monoisotopic (exact) mass is 276 g/mol. The molecule has 1 heterocycles. The molecule has 1 aromatic carbocycles. The van der Waals surface area contributed by atoms with E-state index < -0.39 is 0 Å². The second-order valence-electron chi connectivity index (χ2n) is 5.25. The number of methoxy groups -OCH3 is 1. The number of carbonyl (C=O) groups excluding carboxylic acids is 1. The van der Waals surface area contributed by atoms with Crippen molar-refractivity contribution < 1.29 is 9.53 Å². The Morgan fingerprint density at radius 2 is 1.80 bits per heavy atom. The van der Waals surface area contributed by atoms with Crippen molar-refractivity contribution >= 4 is 11.5 Å². The van der Waals surface area contributed by atoms with E-state index in [9.17, 15) is 4.79 Å². The highest BCUT2D eigenvalue weighted by molar-refractivity contribution is 5.80. The summed E-state index contributed by atoms with van der Waals surface area (Å²) in [5, 5.41) is 0. The van der Waals surface area contributed by atoms with Crippen LogP contribution in [-0.2, 0) is 4.79 Å². The summed E-state index contributed by atoms with van der Waals surface area (Å²) in [5.41, 5.74) is 1.23. The number of ether oxygens (including phenoxy) is 1. The molecule has 1 saturated heterocycles. The highest BCUT2D eigenvalue weighted by atomic mass is 16.5. The molecule has 0 aliphatic carbocycles. The van der Waals surface area contributed by atoms with Crippen molar-refractivity contribution in [3.8, 4) is 5.75 Å². The molecule has 4 nitrogen and oxygen atoms in total. The summed E-state index contributed by atoms with van der Waals surface area (Å²) in [6.07, 6.45) is 1.66. The summed E-state index contributed by atoms with van der Waals surface area (Å²) in [6.45, 7) is 6.55. The van der Waals surface area contributed by atoms with E-state index in [-0.39, 0.29) is 0 Å². The zero-order valence-electron chi connectivity index (χ0n) is 12.5. The van der Waals surface area contributed by atoms with Gasteiger partial charge in [-0.15, -0.1) is 0 Å². The van der Waals surface area contributed by atoms with E-state index in [2.05, 4.69) is 28.9 Å². The number of piperazine rings is 1. The van der Waals surface area contributed by atoms with E-state index in [1.165, 1.54) is 5.69 Å². The predicted octanol–water partition coefficient (Wildman–Crippen LogP) is 2.19. The summed E-state index contributed by atoms with van der Waals surface area (Å²) >= 11 is 0. The number of Topliss-reactive ketones (excluding diaryl/α,β-unsaturated/α-hetero) is 1. The molecule has 1 aliphatic rings. The fourth-order valence-electron chi connectivity index (χ4n) is 2.56. The maximum Gasteiger partial charge on any atom is 0.146 e. The summed E-state index contributed by atoms with van der Waals surface area (Å²) in [4.78, 5) is 16.3. The van der Waals surface area contributed by atoms with Gasteiger partial charge in [0.15, 0.2) is 0 Å². The van der Waals surface area contributed by atoms with E-state index in [1.54, 1.807) is 7.11 Å². The van der Waals surface area contributed by atoms with Crippen molar-refractivity contribution in [3.63, 3.8) is 0 Å². The van der Waals surface area contributed by atoms with Crippen LogP contribution in [0.1, 0.15) is 19.8 Å². The van der Waals surface area contributed by atoms with Crippen molar-refractivity contribution in [2.24, 2.45) is 0 Å². The highest BCUT2D eigenvalue weighted by Gasteiger charge is 2.18. The molecule has 110 valence electrons. The van der Waals surface area contributed by atoms with Crippen molar-refractivity contribution in [2.45, 2.75) is 19.8 Å². The van der Waals surface area contributed by atoms with Gasteiger partial charge in [0.05, 0.1) is 13.7 Å². The molecule has 0 amide bonds. The topological polar surface area (TPSA) is 32.8 Å². The molecule has 0 spiro atoms. The number of hydrogen-bond donors (Lipinski definition) is 0. The average molecular weight is 276 g/mol. The van der Waals surface area contributed by atoms with E-state index in [4.69, 9.17) is 4.74 Å². The number of anilines is 1. The molecule has 0 radical (unpaired) electrons. The smallest absolute Gasteiger partial charge is 0.146 e. The summed E-state index contributed by atoms with van der Waals surface area (Å²) in [5.74, 6) is 1.25. The normalized spacial score (nSPS) is 16.2. The zero-order chi connectivity index (χ0) is 14.4. The molecule has 2 rings (SSSR count). The van der Waals surface area contributed by atoms with E-state index in [0.717, 1.165) is 38.3 Å². The van der Waals surface area contributed by atoms with Gasteiger partial charge in [-0.25, -0.2) is 0 Å². The maximum absolute atomic E-state index is 11.7. The quantitative estimate of drug-likeness (QED) is 0.797. The van der Waals surface area contributed by atoms with Crippen LogP contribution in [0.5, 0.6) is 5.75 Å². The number of carbonyl (C=O) groups is 1. The number of hydrogen-bond acceptors (Lipinski definition) is 4. The third-order valence-electron chi connectivity index (χ3n) is 3.74. The third-order valence-corrected chi connectivity index (χ3v) is 3.74. The van der Waals surface area contributed by atoms with Gasteiger partial charge >= 0.3 is 0 Å². The molecule has 1 fully saturated rings. The molecular weight excluding hydrogens is 252 g/mol. The van der Waals surface area contributed by atoms with Gasteiger partial charge < -0.3 is 9.64 Å². The molecule has 4 heteroatoms. The fraction of sp³-hybridized carbons (Fsp3) is 0.562. The summed E-state index contributed by atoms with van der Waals surface area (Å²) in [6, 6.07) is 8.17. The van der Waals surface area contributed by atoms with Gasteiger partial charge in [-0.2, -0.15) is 0 Å². The molecule has 0 saturated carbocycles. The lowest BCUT2D eigenvalue weighted by atomic mass is 10.2. The first-order valence-electron chi connectivity index (χ1n) is 7.36. The van der Waals surface area contributed by atoms with Crippen LogP contribution in [0.2, 0.25) is 0 Å². The SMILES string of the molecule is CCCC(=O)CN1CCN(c2ccc(OC)cc2)CC1. The molecule has 1 aromatic rings. The van der Waals surface area contributed by atoms with Crippen molar-refractivity contribution in [3.05, 3.63) is 24.3 Å².